The minimum Gasteiger partial charge on any atom is -0.387 e. The normalized spacial score (nSPS) is 19.6. The lowest BCUT2D eigenvalue weighted by Crippen LogP contribution is -2.51. The second-order valence-corrected chi connectivity index (χ2v) is 5.58. The van der Waals surface area contributed by atoms with Crippen LogP contribution in [0.1, 0.15) is 17.2 Å². The molecule has 0 spiro atoms. The number of likely N-dealkylation sites (N-methyl/N-ethyl adjacent to an activating group) is 1. The monoisotopic (exact) mass is 283 g/mol. The van der Waals surface area contributed by atoms with Crippen molar-refractivity contribution in [3.8, 4) is 0 Å². The van der Waals surface area contributed by atoms with Crippen molar-refractivity contribution in [1.82, 2.24) is 15.3 Å². The number of benzene rings is 1. The molecule has 19 heavy (non-hydrogen) atoms. The summed E-state index contributed by atoms with van der Waals surface area (Å²) >= 11 is 5.99. The van der Waals surface area contributed by atoms with Crippen molar-refractivity contribution in [1.29, 1.82) is 0 Å². The van der Waals surface area contributed by atoms with Crippen LogP contribution in [0.5, 0.6) is 0 Å². The Balaban J connectivity index is 1.83. The van der Waals surface area contributed by atoms with Crippen molar-refractivity contribution < 1.29 is 5.11 Å². The Morgan fingerprint density at radius 2 is 2.00 bits per heavy atom. The van der Waals surface area contributed by atoms with Crippen molar-refractivity contribution in [3.05, 3.63) is 34.3 Å². The van der Waals surface area contributed by atoms with Crippen molar-refractivity contribution >= 4 is 11.6 Å². The Labute approximate surface area is 119 Å². The van der Waals surface area contributed by atoms with Gasteiger partial charge in [0, 0.05) is 37.7 Å². The van der Waals surface area contributed by atoms with Gasteiger partial charge >= 0.3 is 0 Å². The fourth-order valence-corrected chi connectivity index (χ4v) is 2.29. The van der Waals surface area contributed by atoms with E-state index in [1.165, 1.54) is 0 Å². The molecule has 0 aromatic heterocycles. The molecule has 0 bridgehead atoms. The second kappa shape index (κ2) is 6.68. The van der Waals surface area contributed by atoms with Crippen LogP contribution < -0.4 is 5.43 Å². The third kappa shape index (κ3) is 4.16. The summed E-state index contributed by atoms with van der Waals surface area (Å²) in [5.41, 5.74) is 5.20. The van der Waals surface area contributed by atoms with E-state index in [4.69, 9.17) is 11.6 Å². The van der Waals surface area contributed by atoms with Crippen LogP contribution in [-0.4, -0.2) is 54.8 Å². The predicted molar refractivity (Wildman–Crippen MR) is 78.2 cm³/mol. The lowest BCUT2D eigenvalue weighted by atomic mass is 10.1. The van der Waals surface area contributed by atoms with E-state index in [1.807, 2.05) is 25.1 Å². The van der Waals surface area contributed by atoms with Gasteiger partial charge in [-0.05, 0) is 31.2 Å². The van der Waals surface area contributed by atoms with Crippen molar-refractivity contribution in [2.75, 3.05) is 39.8 Å². The zero-order valence-electron chi connectivity index (χ0n) is 11.6. The standard InChI is InChI=1S/C14H22ClN3O/c1-11-9-12(3-4-13(11)15)14(19)10-16-18-7-5-17(2)6-8-18/h3-4,9,14,16,19H,5-8,10H2,1-2H3. The van der Waals surface area contributed by atoms with Gasteiger partial charge in [0.1, 0.15) is 0 Å². The first-order chi connectivity index (χ1) is 9.06. The van der Waals surface area contributed by atoms with Gasteiger partial charge in [0.05, 0.1) is 6.10 Å². The van der Waals surface area contributed by atoms with Gasteiger partial charge in [0.2, 0.25) is 0 Å². The van der Waals surface area contributed by atoms with Gasteiger partial charge in [-0.25, -0.2) is 5.01 Å². The number of hydrogen-bond donors (Lipinski definition) is 2. The number of hydrogen-bond acceptors (Lipinski definition) is 4. The minimum absolute atomic E-state index is 0.504. The summed E-state index contributed by atoms with van der Waals surface area (Å²) in [6.07, 6.45) is -0.504. The highest BCUT2D eigenvalue weighted by molar-refractivity contribution is 6.31. The summed E-state index contributed by atoms with van der Waals surface area (Å²) in [5, 5.41) is 13.1. The van der Waals surface area contributed by atoms with Gasteiger partial charge in [0.25, 0.3) is 0 Å². The molecule has 2 N–H and O–H groups in total. The number of halogens is 1. The molecule has 5 heteroatoms. The number of aliphatic hydroxyl groups excluding tert-OH is 1. The first-order valence-corrected chi connectivity index (χ1v) is 7.05. The molecule has 0 aliphatic carbocycles. The molecule has 1 fully saturated rings. The summed E-state index contributed by atoms with van der Waals surface area (Å²) in [5.74, 6) is 0. The molecule has 1 unspecified atom stereocenters. The summed E-state index contributed by atoms with van der Waals surface area (Å²) in [6, 6.07) is 5.66. The van der Waals surface area contributed by atoms with Gasteiger partial charge in [-0.3, -0.25) is 5.43 Å². The molecule has 0 radical (unpaired) electrons. The maximum absolute atomic E-state index is 10.2. The smallest absolute Gasteiger partial charge is 0.0928 e. The number of hydrazine groups is 1. The van der Waals surface area contributed by atoms with Crippen LogP contribution in [0.15, 0.2) is 18.2 Å². The molecule has 1 aromatic carbocycles. The molecule has 1 saturated heterocycles. The Hall–Kier alpha value is -0.650. The zero-order valence-corrected chi connectivity index (χ0v) is 12.3. The molecule has 1 heterocycles. The average molecular weight is 284 g/mol. The topological polar surface area (TPSA) is 38.7 Å². The third-order valence-electron chi connectivity index (χ3n) is 3.58. The lowest BCUT2D eigenvalue weighted by molar-refractivity contribution is 0.0744. The second-order valence-electron chi connectivity index (χ2n) is 5.18. The van der Waals surface area contributed by atoms with Crippen LogP contribution in [-0.2, 0) is 0 Å². The van der Waals surface area contributed by atoms with Crippen LogP contribution in [0.3, 0.4) is 0 Å². The SMILES string of the molecule is Cc1cc(C(O)CNN2CCN(C)CC2)ccc1Cl. The minimum atomic E-state index is -0.504. The molecule has 1 atom stereocenters. The molecule has 2 rings (SSSR count). The summed E-state index contributed by atoms with van der Waals surface area (Å²) in [7, 11) is 2.13. The Morgan fingerprint density at radius 3 is 2.63 bits per heavy atom. The first kappa shape index (κ1) is 14.8. The number of aliphatic hydroxyl groups is 1. The number of aryl methyl sites for hydroxylation is 1. The lowest BCUT2D eigenvalue weighted by Gasteiger charge is -2.33. The third-order valence-corrected chi connectivity index (χ3v) is 4.00. The van der Waals surface area contributed by atoms with E-state index in [-0.39, 0.29) is 0 Å². The number of nitrogens with zero attached hydrogens (tertiary/aromatic N) is 2. The van der Waals surface area contributed by atoms with Crippen LogP contribution in [0, 0.1) is 6.92 Å². The van der Waals surface area contributed by atoms with Crippen molar-refractivity contribution in [3.63, 3.8) is 0 Å². The molecular weight excluding hydrogens is 262 g/mol. The highest BCUT2D eigenvalue weighted by Gasteiger charge is 2.15. The fraction of sp³-hybridized carbons (Fsp3) is 0.571. The van der Waals surface area contributed by atoms with Crippen LogP contribution >= 0.6 is 11.6 Å². The van der Waals surface area contributed by atoms with E-state index >= 15 is 0 Å². The summed E-state index contributed by atoms with van der Waals surface area (Å²) in [6.45, 7) is 6.58. The molecular formula is C14H22ClN3O. The average Bonchev–Trinajstić information content (AvgIpc) is 2.41. The summed E-state index contributed by atoms with van der Waals surface area (Å²) in [4.78, 5) is 2.30. The Morgan fingerprint density at radius 1 is 1.32 bits per heavy atom. The van der Waals surface area contributed by atoms with Gasteiger partial charge in [0.15, 0.2) is 0 Å². The maximum Gasteiger partial charge on any atom is 0.0928 e. The van der Waals surface area contributed by atoms with Crippen molar-refractivity contribution in [2.24, 2.45) is 0 Å². The number of nitrogens with one attached hydrogen (secondary N) is 1. The number of rotatable bonds is 4. The maximum atomic E-state index is 10.2. The van der Waals surface area contributed by atoms with Crippen LogP contribution in [0.25, 0.3) is 0 Å². The molecule has 106 valence electrons. The molecule has 1 aliphatic heterocycles. The van der Waals surface area contributed by atoms with E-state index in [2.05, 4.69) is 22.4 Å². The molecule has 4 nitrogen and oxygen atoms in total. The number of piperazine rings is 1. The molecule has 1 aliphatic rings. The van der Waals surface area contributed by atoms with E-state index in [1.54, 1.807) is 0 Å². The fourth-order valence-electron chi connectivity index (χ4n) is 2.17. The van der Waals surface area contributed by atoms with Crippen LogP contribution in [0.4, 0.5) is 0 Å². The Bertz CT molecular complexity index is 419. The van der Waals surface area contributed by atoms with E-state index < -0.39 is 6.10 Å². The molecule has 0 saturated carbocycles. The highest BCUT2D eigenvalue weighted by atomic mass is 35.5. The van der Waals surface area contributed by atoms with E-state index in [9.17, 15) is 5.11 Å². The quantitative estimate of drug-likeness (QED) is 0.877. The first-order valence-electron chi connectivity index (χ1n) is 6.67. The summed E-state index contributed by atoms with van der Waals surface area (Å²) < 4.78 is 0. The van der Waals surface area contributed by atoms with Crippen molar-refractivity contribution in [2.45, 2.75) is 13.0 Å². The molecule has 1 aromatic rings. The van der Waals surface area contributed by atoms with E-state index in [0.717, 1.165) is 42.3 Å². The Kier molecular flexibility index (Phi) is 5.19. The molecule has 0 amide bonds. The van der Waals surface area contributed by atoms with E-state index in [0.29, 0.717) is 6.54 Å². The zero-order chi connectivity index (χ0) is 13.8. The largest absolute Gasteiger partial charge is 0.387 e. The van der Waals surface area contributed by atoms with Gasteiger partial charge in [-0.1, -0.05) is 23.7 Å². The predicted octanol–water partition coefficient (Wildman–Crippen LogP) is 1.43. The highest BCUT2D eigenvalue weighted by Crippen LogP contribution is 2.20. The van der Waals surface area contributed by atoms with Crippen LogP contribution in [0.2, 0.25) is 5.02 Å². The van der Waals surface area contributed by atoms with Gasteiger partial charge in [-0.15, -0.1) is 0 Å². The van der Waals surface area contributed by atoms with Gasteiger partial charge in [-0.2, -0.15) is 0 Å². The van der Waals surface area contributed by atoms with Gasteiger partial charge < -0.3 is 10.0 Å².